The Kier molecular flexibility index (Phi) is 6.93. The van der Waals surface area contributed by atoms with Gasteiger partial charge in [0.05, 0.1) is 0 Å². The summed E-state index contributed by atoms with van der Waals surface area (Å²) in [5, 5.41) is 0. The second-order valence-corrected chi connectivity index (χ2v) is 3.75. The molecule has 1 aromatic rings. The van der Waals surface area contributed by atoms with E-state index in [1.807, 2.05) is 13.1 Å². The summed E-state index contributed by atoms with van der Waals surface area (Å²) in [4.78, 5) is 6.48. The van der Waals surface area contributed by atoms with Crippen molar-refractivity contribution in [3.05, 3.63) is 47.9 Å². The van der Waals surface area contributed by atoms with Crippen LogP contribution in [0.4, 0.5) is 0 Å². The zero-order chi connectivity index (χ0) is 10.7. The molecule has 0 saturated heterocycles. The average molecular weight is 273 g/mol. The van der Waals surface area contributed by atoms with E-state index in [2.05, 4.69) is 47.3 Å². The first-order valence-corrected chi connectivity index (χ1v) is 5.35. The Hall–Kier alpha value is -0.990. The molecule has 4 heteroatoms. The normalized spacial score (nSPS) is 13.5. The minimum atomic E-state index is 0. The Morgan fingerprint density at radius 1 is 1.35 bits per heavy atom. The van der Waals surface area contributed by atoms with Crippen molar-refractivity contribution in [1.82, 2.24) is 9.88 Å². The fourth-order valence-corrected chi connectivity index (χ4v) is 1.70. The highest BCUT2D eigenvalue weighted by Gasteiger charge is 2.04. The first kappa shape index (κ1) is 16.0. The molecule has 2 rings (SSSR count). The van der Waals surface area contributed by atoms with Crippen LogP contribution in [0.2, 0.25) is 0 Å². The molecule has 0 aromatic carbocycles. The van der Waals surface area contributed by atoms with E-state index in [1.165, 1.54) is 11.1 Å². The largest absolute Gasteiger partial charge is 0.374 e. The van der Waals surface area contributed by atoms with E-state index < -0.39 is 0 Å². The van der Waals surface area contributed by atoms with Crippen LogP contribution in [0, 0.1) is 6.92 Å². The highest BCUT2D eigenvalue weighted by atomic mass is 35.5. The van der Waals surface area contributed by atoms with Crippen LogP contribution >= 0.6 is 24.8 Å². The molecule has 1 aliphatic rings. The van der Waals surface area contributed by atoms with Crippen LogP contribution in [-0.2, 0) is 0 Å². The fraction of sp³-hybridized carbons (Fsp3) is 0.308. The third kappa shape index (κ3) is 4.06. The summed E-state index contributed by atoms with van der Waals surface area (Å²) in [6, 6.07) is 4.18. The number of hydrogen-bond donors (Lipinski definition) is 0. The van der Waals surface area contributed by atoms with Gasteiger partial charge in [0.15, 0.2) is 0 Å². The quantitative estimate of drug-likeness (QED) is 0.820. The van der Waals surface area contributed by atoms with Crippen LogP contribution in [0.3, 0.4) is 0 Å². The summed E-state index contributed by atoms with van der Waals surface area (Å²) in [5.41, 5.74) is 3.62. The maximum atomic E-state index is 4.20. The van der Waals surface area contributed by atoms with Crippen molar-refractivity contribution in [2.75, 3.05) is 13.1 Å². The molecule has 0 spiro atoms. The number of allylic oxidation sites excluding steroid dienone is 2. The lowest BCUT2D eigenvalue weighted by molar-refractivity contribution is 0.437. The molecule has 0 bridgehead atoms. The van der Waals surface area contributed by atoms with Gasteiger partial charge in [0, 0.05) is 25.0 Å². The maximum Gasteiger partial charge on any atom is 0.0378 e. The molecule has 1 aromatic heterocycles. The number of aromatic nitrogens is 1. The van der Waals surface area contributed by atoms with E-state index >= 15 is 0 Å². The van der Waals surface area contributed by atoms with Gasteiger partial charge >= 0.3 is 0 Å². The van der Waals surface area contributed by atoms with Crippen molar-refractivity contribution in [3.8, 4) is 0 Å². The van der Waals surface area contributed by atoms with Gasteiger partial charge in [-0.3, -0.25) is 4.98 Å². The van der Waals surface area contributed by atoms with Gasteiger partial charge in [-0.25, -0.2) is 0 Å². The van der Waals surface area contributed by atoms with Gasteiger partial charge in [0.2, 0.25) is 0 Å². The van der Waals surface area contributed by atoms with Crippen molar-refractivity contribution < 1.29 is 0 Å². The maximum absolute atomic E-state index is 4.20. The van der Waals surface area contributed by atoms with Crippen LogP contribution in [-0.4, -0.2) is 23.0 Å². The van der Waals surface area contributed by atoms with Crippen LogP contribution in [0.1, 0.15) is 18.2 Å². The van der Waals surface area contributed by atoms with Crippen molar-refractivity contribution in [3.63, 3.8) is 0 Å². The van der Waals surface area contributed by atoms with Gasteiger partial charge in [0.1, 0.15) is 0 Å². The SMILES string of the molecule is CCN1C=CC(c2ccnc(C)c2)=CC1.Cl.Cl. The second-order valence-electron chi connectivity index (χ2n) is 3.75. The van der Waals surface area contributed by atoms with Crippen molar-refractivity contribution in [2.24, 2.45) is 0 Å². The average Bonchev–Trinajstić information content (AvgIpc) is 2.29. The van der Waals surface area contributed by atoms with Gasteiger partial charge in [-0.15, -0.1) is 24.8 Å². The standard InChI is InChI=1S/C13H16N2.2ClH/c1-3-15-8-5-12(6-9-15)13-4-7-14-11(2)10-13;;/h4-8,10H,3,9H2,1-2H3;2*1H. The van der Waals surface area contributed by atoms with Crippen molar-refractivity contribution in [2.45, 2.75) is 13.8 Å². The first-order valence-electron chi connectivity index (χ1n) is 5.35. The summed E-state index contributed by atoms with van der Waals surface area (Å²) < 4.78 is 0. The number of aryl methyl sites for hydroxylation is 1. The van der Waals surface area contributed by atoms with E-state index in [9.17, 15) is 0 Å². The lowest BCUT2D eigenvalue weighted by Crippen LogP contribution is -2.18. The molecule has 2 nitrogen and oxygen atoms in total. The Morgan fingerprint density at radius 2 is 2.12 bits per heavy atom. The van der Waals surface area contributed by atoms with Gasteiger partial charge in [0.25, 0.3) is 0 Å². The Bertz CT molecular complexity index is 414. The molecular formula is C13H18Cl2N2. The molecule has 0 N–H and O–H groups in total. The molecule has 1 aliphatic heterocycles. The van der Waals surface area contributed by atoms with E-state index in [4.69, 9.17) is 0 Å². The molecule has 0 amide bonds. The molecule has 0 atom stereocenters. The predicted octanol–water partition coefficient (Wildman–Crippen LogP) is 3.47. The number of likely N-dealkylation sites (N-methyl/N-ethyl adjacent to an activating group) is 1. The minimum absolute atomic E-state index is 0. The van der Waals surface area contributed by atoms with Crippen LogP contribution < -0.4 is 0 Å². The zero-order valence-electron chi connectivity index (χ0n) is 10.1. The Balaban J connectivity index is 0.00000128. The van der Waals surface area contributed by atoms with Crippen molar-refractivity contribution >= 4 is 30.4 Å². The number of halogens is 2. The molecule has 0 unspecified atom stereocenters. The topological polar surface area (TPSA) is 16.1 Å². The monoisotopic (exact) mass is 272 g/mol. The summed E-state index contributed by atoms with van der Waals surface area (Å²) in [7, 11) is 0. The number of hydrogen-bond acceptors (Lipinski definition) is 2. The van der Waals surface area contributed by atoms with Gasteiger partial charge in [-0.1, -0.05) is 6.08 Å². The number of rotatable bonds is 2. The molecule has 94 valence electrons. The molecule has 0 fully saturated rings. The second kappa shape index (κ2) is 7.36. The van der Waals surface area contributed by atoms with E-state index in [0.717, 1.165) is 18.8 Å². The lowest BCUT2D eigenvalue weighted by atomic mass is 10.0. The van der Waals surface area contributed by atoms with E-state index in [-0.39, 0.29) is 24.8 Å². The van der Waals surface area contributed by atoms with Crippen LogP contribution in [0.25, 0.3) is 5.57 Å². The third-order valence-electron chi connectivity index (χ3n) is 2.65. The minimum Gasteiger partial charge on any atom is -0.374 e. The Morgan fingerprint density at radius 3 is 2.65 bits per heavy atom. The van der Waals surface area contributed by atoms with Crippen LogP contribution in [0.5, 0.6) is 0 Å². The molecule has 0 saturated carbocycles. The first-order chi connectivity index (χ1) is 7.29. The molecule has 17 heavy (non-hydrogen) atoms. The summed E-state index contributed by atoms with van der Waals surface area (Å²) in [6.07, 6.45) is 8.46. The summed E-state index contributed by atoms with van der Waals surface area (Å²) >= 11 is 0. The zero-order valence-corrected chi connectivity index (χ0v) is 11.7. The number of nitrogens with zero attached hydrogens (tertiary/aromatic N) is 2. The predicted molar refractivity (Wildman–Crippen MR) is 77.8 cm³/mol. The summed E-state index contributed by atoms with van der Waals surface area (Å²) in [5.74, 6) is 0. The van der Waals surface area contributed by atoms with Crippen LogP contribution in [0.15, 0.2) is 36.7 Å². The van der Waals surface area contributed by atoms with Gasteiger partial charge < -0.3 is 4.90 Å². The smallest absolute Gasteiger partial charge is 0.0378 e. The van der Waals surface area contributed by atoms with Gasteiger partial charge in [-0.05, 0) is 49.4 Å². The number of pyridine rings is 1. The molecule has 0 aliphatic carbocycles. The molecular weight excluding hydrogens is 255 g/mol. The highest BCUT2D eigenvalue weighted by Crippen LogP contribution is 2.19. The fourth-order valence-electron chi connectivity index (χ4n) is 1.70. The highest BCUT2D eigenvalue weighted by molar-refractivity contribution is 5.85. The molecule has 0 radical (unpaired) electrons. The molecule has 2 heterocycles. The van der Waals surface area contributed by atoms with Crippen molar-refractivity contribution in [1.29, 1.82) is 0 Å². The van der Waals surface area contributed by atoms with E-state index in [1.54, 1.807) is 0 Å². The summed E-state index contributed by atoms with van der Waals surface area (Å²) in [6.45, 7) is 6.26. The third-order valence-corrected chi connectivity index (χ3v) is 2.65. The Labute approximate surface area is 115 Å². The lowest BCUT2D eigenvalue weighted by Gasteiger charge is -2.20. The van der Waals surface area contributed by atoms with Gasteiger partial charge in [-0.2, -0.15) is 0 Å². The van der Waals surface area contributed by atoms with E-state index in [0.29, 0.717) is 0 Å².